The Morgan fingerprint density at radius 1 is 0.889 bits per heavy atom. The summed E-state index contributed by atoms with van der Waals surface area (Å²) in [5, 5.41) is 15.8. The van der Waals surface area contributed by atoms with Crippen LogP contribution >= 0.6 is 28.1 Å². The number of halogens is 1. The number of nitrogens with one attached hydrogen (secondary N) is 2. The van der Waals surface area contributed by atoms with Crippen LogP contribution in [0.5, 0.6) is 5.75 Å². The average molecular weight is 323 g/mol. The Morgan fingerprint density at radius 2 is 1.33 bits per heavy atom. The van der Waals surface area contributed by atoms with Crippen LogP contribution in [0.1, 0.15) is 0 Å². The molecule has 0 atom stereocenters. The van der Waals surface area contributed by atoms with Gasteiger partial charge in [0.05, 0.1) is 0 Å². The Morgan fingerprint density at radius 3 is 1.83 bits per heavy atom. The fourth-order valence-corrected chi connectivity index (χ4v) is 1.87. The van der Waals surface area contributed by atoms with E-state index in [9.17, 15) is 5.11 Å². The summed E-state index contributed by atoms with van der Waals surface area (Å²) in [7, 11) is 0. The van der Waals surface area contributed by atoms with Crippen LogP contribution in [0, 0.1) is 0 Å². The van der Waals surface area contributed by atoms with Gasteiger partial charge < -0.3 is 15.7 Å². The summed E-state index contributed by atoms with van der Waals surface area (Å²) in [4.78, 5) is 0. The summed E-state index contributed by atoms with van der Waals surface area (Å²) < 4.78 is 1.02. The van der Waals surface area contributed by atoms with Crippen LogP contribution in [-0.2, 0) is 0 Å². The van der Waals surface area contributed by atoms with Crippen LogP contribution in [0.25, 0.3) is 0 Å². The zero-order chi connectivity index (χ0) is 13.0. The van der Waals surface area contributed by atoms with Gasteiger partial charge in [-0.3, -0.25) is 0 Å². The highest BCUT2D eigenvalue weighted by atomic mass is 79.9. The molecule has 5 heteroatoms. The monoisotopic (exact) mass is 322 g/mol. The van der Waals surface area contributed by atoms with Crippen molar-refractivity contribution < 1.29 is 5.11 Å². The van der Waals surface area contributed by atoms with Gasteiger partial charge in [-0.15, -0.1) is 0 Å². The van der Waals surface area contributed by atoms with E-state index in [0.717, 1.165) is 15.8 Å². The summed E-state index contributed by atoms with van der Waals surface area (Å²) in [5.74, 6) is 0.229. The van der Waals surface area contributed by atoms with Crippen LogP contribution in [0.4, 0.5) is 11.4 Å². The number of hydrogen-bond donors (Lipinski definition) is 3. The van der Waals surface area contributed by atoms with Crippen molar-refractivity contribution in [3.05, 3.63) is 53.0 Å². The highest BCUT2D eigenvalue weighted by Gasteiger charge is 1.99. The van der Waals surface area contributed by atoms with Crippen LogP contribution in [-0.4, -0.2) is 10.2 Å². The molecule has 92 valence electrons. The number of aromatic hydroxyl groups is 1. The van der Waals surface area contributed by atoms with Crippen LogP contribution < -0.4 is 10.6 Å². The highest BCUT2D eigenvalue weighted by molar-refractivity contribution is 9.10. The normalized spacial score (nSPS) is 9.83. The number of phenolic OH excluding ortho intramolecular Hbond substituents is 1. The van der Waals surface area contributed by atoms with Gasteiger partial charge in [0.15, 0.2) is 5.11 Å². The minimum atomic E-state index is 0.229. The van der Waals surface area contributed by atoms with E-state index in [1.54, 1.807) is 24.3 Å². The van der Waals surface area contributed by atoms with Crippen molar-refractivity contribution in [3.63, 3.8) is 0 Å². The molecule has 0 bridgehead atoms. The highest BCUT2D eigenvalue weighted by Crippen LogP contribution is 2.16. The topological polar surface area (TPSA) is 44.3 Å². The summed E-state index contributed by atoms with van der Waals surface area (Å²) in [5.41, 5.74) is 1.73. The van der Waals surface area contributed by atoms with Crippen molar-refractivity contribution in [2.75, 3.05) is 10.6 Å². The molecule has 0 heterocycles. The van der Waals surface area contributed by atoms with Crippen molar-refractivity contribution in [2.24, 2.45) is 0 Å². The predicted octanol–water partition coefficient (Wildman–Crippen LogP) is 3.96. The lowest BCUT2D eigenvalue weighted by atomic mass is 10.3. The van der Waals surface area contributed by atoms with E-state index >= 15 is 0 Å². The minimum Gasteiger partial charge on any atom is -0.508 e. The molecule has 0 aliphatic rings. The smallest absolute Gasteiger partial charge is 0.175 e. The molecule has 0 amide bonds. The molecule has 0 spiro atoms. The van der Waals surface area contributed by atoms with E-state index in [1.807, 2.05) is 24.3 Å². The third-order valence-corrected chi connectivity index (χ3v) is 2.96. The van der Waals surface area contributed by atoms with Gasteiger partial charge in [-0.1, -0.05) is 15.9 Å². The first-order valence-electron chi connectivity index (χ1n) is 5.26. The van der Waals surface area contributed by atoms with Crippen LogP contribution in [0.15, 0.2) is 53.0 Å². The third-order valence-electron chi connectivity index (χ3n) is 2.23. The van der Waals surface area contributed by atoms with Crippen molar-refractivity contribution in [1.29, 1.82) is 0 Å². The van der Waals surface area contributed by atoms with Gasteiger partial charge in [0.2, 0.25) is 0 Å². The minimum absolute atomic E-state index is 0.229. The standard InChI is InChI=1S/C13H11BrN2OS/c14-9-1-3-10(4-2-9)15-13(18)16-11-5-7-12(17)8-6-11/h1-8,17H,(H2,15,16,18). The Labute approximate surface area is 119 Å². The number of anilines is 2. The molecule has 0 saturated carbocycles. The Hall–Kier alpha value is -1.59. The number of phenols is 1. The van der Waals surface area contributed by atoms with E-state index in [2.05, 4.69) is 26.6 Å². The molecule has 2 aromatic carbocycles. The molecule has 18 heavy (non-hydrogen) atoms. The Bertz CT molecular complexity index is 490. The van der Waals surface area contributed by atoms with Gasteiger partial charge in [0, 0.05) is 15.8 Å². The van der Waals surface area contributed by atoms with E-state index < -0.39 is 0 Å². The van der Waals surface area contributed by atoms with E-state index in [-0.39, 0.29) is 5.75 Å². The zero-order valence-electron chi connectivity index (χ0n) is 9.35. The average Bonchev–Trinajstić information content (AvgIpc) is 2.35. The fourth-order valence-electron chi connectivity index (χ4n) is 1.37. The lowest BCUT2D eigenvalue weighted by Crippen LogP contribution is -2.18. The maximum absolute atomic E-state index is 9.17. The lowest BCUT2D eigenvalue weighted by molar-refractivity contribution is 0.475. The number of thiocarbonyl (C=S) groups is 1. The molecule has 0 fully saturated rings. The van der Waals surface area contributed by atoms with Gasteiger partial charge in [-0.2, -0.15) is 0 Å². The van der Waals surface area contributed by atoms with Crippen LogP contribution in [0.3, 0.4) is 0 Å². The van der Waals surface area contributed by atoms with Crippen molar-refractivity contribution in [1.82, 2.24) is 0 Å². The third kappa shape index (κ3) is 3.72. The largest absolute Gasteiger partial charge is 0.508 e. The van der Waals surface area contributed by atoms with Gasteiger partial charge in [0.25, 0.3) is 0 Å². The van der Waals surface area contributed by atoms with E-state index in [4.69, 9.17) is 12.2 Å². The fraction of sp³-hybridized carbons (Fsp3) is 0. The van der Waals surface area contributed by atoms with Crippen molar-refractivity contribution in [3.8, 4) is 5.75 Å². The molecule has 3 nitrogen and oxygen atoms in total. The molecule has 0 saturated heterocycles. The quantitative estimate of drug-likeness (QED) is 0.578. The first-order chi connectivity index (χ1) is 8.63. The first-order valence-corrected chi connectivity index (χ1v) is 6.46. The van der Waals surface area contributed by atoms with Crippen molar-refractivity contribution in [2.45, 2.75) is 0 Å². The Kier molecular flexibility index (Phi) is 4.17. The first kappa shape index (κ1) is 12.9. The van der Waals surface area contributed by atoms with E-state index in [0.29, 0.717) is 5.11 Å². The molecular formula is C13H11BrN2OS. The molecule has 0 unspecified atom stereocenters. The molecule has 2 rings (SSSR count). The summed E-state index contributed by atoms with van der Waals surface area (Å²) in [6.07, 6.45) is 0. The van der Waals surface area contributed by atoms with Crippen molar-refractivity contribution >= 4 is 44.6 Å². The maximum Gasteiger partial charge on any atom is 0.175 e. The van der Waals surface area contributed by atoms with Crippen LogP contribution in [0.2, 0.25) is 0 Å². The second kappa shape index (κ2) is 5.84. The maximum atomic E-state index is 9.17. The molecule has 2 aromatic rings. The lowest BCUT2D eigenvalue weighted by Gasteiger charge is -2.10. The van der Waals surface area contributed by atoms with Gasteiger partial charge in [-0.05, 0) is 60.7 Å². The molecule has 3 N–H and O–H groups in total. The Balaban J connectivity index is 1.96. The number of hydrogen-bond acceptors (Lipinski definition) is 2. The second-order valence-corrected chi connectivity index (χ2v) is 4.96. The number of benzene rings is 2. The molecule has 0 radical (unpaired) electrons. The summed E-state index contributed by atoms with van der Waals surface area (Å²) >= 11 is 8.56. The molecule has 0 aromatic heterocycles. The predicted molar refractivity (Wildman–Crippen MR) is 82.1 cm³/mol. The SMILES string of the molecule is Oc1ccc(NC(=S)Nc2ccc(Br)cc2)cc1. The second-order valence-electron chi connectivity index (χ2n) is 3.63. The van der Waals surface area contributed by atoms with E-state index in [1.165, 1.54) is 0 Å². The van der Waals surface area contributed by atoms with Gasteiger partial charge in [-0.25, -0.2) is 0 Å². The molecular weight excluding hydrogens is 312 g/mol. The molecule has 0 aliphatic carbocycles. The van der Waals surface area contributed by atoms with Gasteiger partial charge >= 0.3 is 0 Å². The summed E-state index contributed by atoms with van der Waals surface area (Å²) in [6.45, 7) is 0. The zero-order valence-corrected chi connectivity index (χ0v) is 11.8. The number of rotatable bonds is 2. The summed E-state index contributed by atoms with van der Waals surface area (Å²) in [6, 6.07) is 14.4. The molecule has 0 aliphatic heterocycles. The van der Waals surface area contributed by atoms with Gasteiger partial charge in [0.1, 0.15) is 5.75 Å².